The van der Waals surface area contributed by atoms with Gasteiger partial charge in [0, 0.05) is 26.3 Å². The molecule has 0 fully saturated rings. The van der Waals surface area contributed by atoms with Crippen LogP contribution < -0.4 is 16.1 Å². The van der Waals surface area contributed by atoms with Crippen LogP contribution in [-0.4, -0.2) is 17.6 Å². The number of aromatic nitrogens is 2. The number of nitrogens with two attached hydrogens (primary N) is 1. The zero-order valence-electron chi connectivity index (χ0n) is 13.4. The summed E-state index contributed by atoms with van der Waals surface area (Å²) in [5.74, 6) is 0. The number of primary sulfonamides is 1. The van der Waals surface area contributed by atoms with E-state index in [1.807, 2.05) is 18.2 Å². The minimum Gasteiger partial charge on any atom is -0.381 e. The van der Waals surface area contributed by atoms with Gasteiger partial charge in [-0.3, -0.25) is 9.13 Å². The van der Waals surface area contributed by atoms with Crippen LogP contribution in [-0.2, 0) is 30.7 Å². The molecule has 7 nitrogen and oxygen atoms in total. The number of nitrogens with one attached hydrogen (secondary N) is 1. The highest BCUT2D eigenvalue weighted by molar-refractivity contribution is 7.89. The van der Waals surface area contributed by atoms with E-state index in [-0.39, 0.29) is 10.6 Å². The van der Waals surface area contributed by atoms with E-state index >= 15 is 0 Å². The molecule has 0 unspecified atom stereocenters. The third kappa shape index (κ3) is 2.93. The molecular weight excluding hydrogens is 328 g/mol. The molecule has 3 rings (SSSR count). The van der Waals surface area contributed by atoms with Gasteiger partial charge < -0.3 is 5.32 Å². The van der Waals surface area contributed by atoms with Crippen molar-refractivity contribution in [2.75, 3.05) is 5.32 Å². The fraction of sp³-hybridized carbons (Fsp3) is 0.188. The van der Waals surface area contributed by atoms with Crippen LogP contribution in [0.1, 0.15) is 5.56 Å². The fourth-order valence-corrected chi connectivity index (χ4v) is 3.14. The summed E-state index contributed by atoms with van der Waals surface area (Å²) in [4.78, 5) is 12.0. The van der Waals surface area contributed by atoms with Crippen molar-refractivity contribution >= 4 is 26.7 Å². The van der Waals surface area contributed by atoms with Gasteiger partial charge in [0.2, 0.25) is 10.0 Å². The summed E-state index contributed by atoms with van der Waals surface area (Å²) in [5.41, 5.74) is 3.48. The van der Waals surface area contributed by atoms with Gasteiger partial charge >= 0.3 is 5.69 Å². The van der Waals surface area contributed by atoms with E-state index in [0.717, 1.165) is 22.3 Å². The number of nitrogens with zero attached hydrogens (tertiary/aromatic N) is 2. The van der Waals surface area contributed by atoms with Crippen LogP contribution in [0.3, 0.4) is 0 Å². The molecule has 0 aliphatic rings. The maximum atomic E-state index is 11.9. The topological polar surface area (TPSA) is 99.1 Å². The van der Waals surface area contributed by atoms with Crippen LogP contribution >= 0.6 is 0 Å². The second-order valence-electron chi connectivity index (χ2n) is 5.65. The summed E-state index contributed by atoms with van der Waals surface area (Å²) >= 11 is 0. The zero-order valence-corrected chi connectivity index (χ0v) is 14.2. The van der Waals surface area contributed by atoms with E-state index < -0.39 is 10.0 Å². The van der Waals surface area contributed by atoms with Crippen molar-refractivity contribution in [1.82, 2.24) is 9.13 Å². The number of rotatable bonds is 4. The summed E-state index contributed by atoms with van der Waals surface area (Å²) in [7, 11) is -0.190. The Morgan fingerprint density at radius 2 is 1.62 bits per heavy atom. The zero-order chi connectivity index (χ0) is 17.5. The minimum atomic E-state index is -3.68. The molecule has 2 aromatic carbocycles. The largest absolute Gasteiger partial charge is 0.381 e. The number of aryl methyl sites for hydroxylation is 2. The first-order chi connectivity index (χ1) is 11.3. The lowest BCUT2D eigenvalue weighted by Crippen LogP contribution is -2.19. The maximum absolute atomic E-state index is 11.9. The van der Waals surface area contributed by atoms with Crippen LogP contribution in [0.5, 0.6) is 0 Å². The van der Waals surface area contributed by atoms with Gasteiger partial charge in [0.05, 0.1) is 15.9 Å². The predicted molar refractivity (Wildman–Crippen MR) is 93.3 cm³/mol. The van der Waals surface area contributed by atoms with Gasteiger partial charge in [-0.05, 0) is 42.0 Å². The monoisotopic (exact) mass is 346 g/mol. The molecule has 0 amide bonds. The second kappa shape index (κ2) is 5.81. The van der Waals surface area contributed by atoms with E-state index in [9.17, 15) is 13.2 Å². The van der Waals surface area contributed by atoms with Crippen molar-refractivity contribution in [3.05, 3.63) is 58.5 Å². The normalized spacial score (nSPS) is 11.8. The molecule has 0 atom stereocenters. The SMILES string of the molecule is Cn1c(=O)n(C)c2cc(CNc3ccc(S(N)(=O)=O)cc3)ccc21. The highest BCUT2D eigenvalue weighted by Gasteiger charge is 2.09. The van der Waals surface area contributed by atoms with Crippen molar-refractivity contribution < 1.29 is 8.42 Å². The minimum absolute atomic E-state index is 0.0614. The molecule has 126 valence electrons. The summed E-state index contributed by atoms with van der Waals surface area (Å²) in [5, 5.41) is 8.29. The van der Waals surface area contributed by atoms with E-state index in [1.165, 1.54) is 12.1 Å². The molecule has 3 N–H and O–H groups in total. The molecule has 3 aromatic rings. The number of imidazole rings is 1. The first-order valence-electron chi connectivity index (χ1n) is 7.28. The Labute approximate surface area is 139 Å². The quantitative estimate of drug-likeness (QED) is 0.740. The lowest BCUT2D eigenvalue weighted by Gasteiger charge is -2.08. The van der Waals surface area contributed by atoms with Gasteiger partial charge in [-0.1, -0.05) is 6.07 Å². The van der Waals surface area contributed by atoms with Crippen molar-refractivity contribution in [1.29, 1.82) is 0 Å². The smallest absolute Gasteiger partial charge is 0.328 e. The van der Waals surface area contributed by atoms with Crippen LogP contribution in [0.2, 0.25) is 0 Å². The molecule has 0 aliphatic heterocycles. The number of hydrogen-bond acceptors (Lipinski definition) is 4. The van der Waals surface area contributed by atoms with Crippen LogP contribution in [0.4, 0.5) is 5.69 Å². The third-order valence-electron chi connectivity index (χ3n) is 4.02. The number of benzene rings is 2. The first-order valence-corrected chi connectivity index (χ1v) is 8.83. The molecule has 0 bridgehead atoms. The molecular formula is C16H18N4O3S. The van der Waals surface area contributed by atoms with Crippen molar-refractivity contribution in [2.45, 2.75) is 11.4 Å². The van der Waals surface area contributed by atoms with E-state index in [0.29, 0.717) is 6.54 Å². The Morgan fingerprint density at radius 1 is 1.00 bits per heavy atom. The summed E-state index contributed by atoms with van der Waals surface area (Å²) in [6.45, 7) is 0.549. The van der Waals surface area contributed by atoms with Gasteiger partial charge in [-0.2, -0.15) is 0 Å². The number of sulfonamides is 1. The molecule has 24 heavy (non-hydrogen) atoms. The molecule has 0 radical (unpaired) electrons. The molecule has 8 heteroatoms. The van der Waals surface area contributed by atoms with Gasteiger partial charge in [-0.25, -0.2) is 18.4 Å². The molecule has 1 aromatic heterocycles. The Morgan fingerprint density at radius 3 is 2.25 bits per heavy atom. The van der Waals surface area contributed by atoms with E-state index in [2.05, 4.69) is 5.32 Å². The Hall–Kier alpha value is -2.58. The average Bonchev–Trinajstić information content (AvgIpc) is 2.77. The number of anilines is 1. The Kier molecular flexibility index (Phi) is 3.94. The Balaban J connectivity index is 1.81. The van der Waals surface area contributed by atoms with E-state index in [1.54, 1.807) is 35.4 Å². The average molecular weight is 346 g/mol. The number of hydrogen-bond donors (Lipinski definition) is 2. The maximum Gasteiger partial charge on any atom is 0.328 e. The van der Waals surface area contributed by atoms with Gasteiger partial charge in [0.1, 0.15) is 0 Å². The second-order valence-corrected chi connectivity index (χ2v) is 7.21. The fourth-order valence-electron chi connectivity index (χ4n) is 2.63. The van der Waals surface area contributed by atoms with Gasteiger partial charge in [-0.15, -0.1) is 0 Å². The summed E-state index contributed by atoms with van der Waals surface area (Å²) < 4.78 is 25.7. The molecule has 1 heterocycles. The molecule has 0 spiro atoms. The van der Waals surface area contributed by atoms with Crippen molar-refractivity contribution in [3.8, 4) is 0 Å². The molecule has 0 saturated carbocycles. The number of fused-ring (bicyclic) bond motifs is 1. The molecule has 0 saturated heterocycles. The van der Waals surface area contributed by atoms with Crippen LogP contribution in [0, 0.1) is 0 Å². The highest BCUT2D eigenvalue weighted by atomic mass is 32.2. The van der Waals surface area contributed by atoms with E-state index in [4.69, 9.17) is 5.14 Å². The van der Waals surface area contributed by atoms with Gasteiger partial charge in [0.25, 0.3) is 0 Å². The Bertz CT molecular complexity index is 1060. The van der Waals surface area contributed by atoms with Crippen LogP contribution in [0.25, 0.3) is 11.0 Å². The lowest BCUT2D eigenvalue weighted by molar-refractivity contribution is 0.598. The summed E-state index contributed by atoms with van der Waals surface area (Å²) in [6.07, 6.45) is 0. The molecule has 0 aliphatic carbocycles. The lowest BCUT2D eigenvalue weighted by atomic mass is 10.2. The highest BCUT2D eigenvalue weighted by Crippen LogP contribution is 2.17. The van der Waals surface area contributed by atoms with Crippen LogP contribution in [0.15, 0.2) is 52.2 Å². The summed E-state index contributed by atoms with van der Waals surface area (Å²) in [6, 6.07) is 12.1. The van der Waals surface area contributed by atoms with Crippen molar-refractivity contribution in [2.24, 2.45) is 19.2 Å². The third-order valence-corrected chi connectivity index (χ3v) is 4.95. The predicted octanol–water partition coefficient (Wildman–Crippen LogP) is 1.14. The standard InChI is InChI=1S/C16H18N4O3S/c1-19-14-8-3-11(9-15(14)20(2)16(19)21)10-18-12-4-6-13(7-5-12)24(17,22)23/h3-9,18H,10H2,1-2H3,(H2,17,22,23). The van der Waals surface area contributed by atoms with Crippen molar-refractivity contribution in [3.63, 3.8) is 0 Å². The first kappa shape index (κ1) is 16.3. The van der Waals surface area contributed by atoms with Gasteiger partial charge in [0.15, 0.2) is 0 Å².